The molecule has 78 heavy (non-hydrogen) atoms. The maximum Gasteiger partial charge on any atom is 0.397 e. The lowest BCUT2D eigenvalue weighted by molar-refractivity contribution is -0.369. The lowest BCUT2D eigenvalue weighted by atomic mass is 9.73. The molecule has 0 aromatic heterocycles. The number of ether oxygens (including phenoxy) is 11. The summed E-state index contributed by atoms with van der Waals surface area (Å²) >= 11 is 0. The van der Waals surface area contributed by atoms with Gasteiger partial charge in [-0.1, -0.05) is 43.9 Å². The van der Waals surface area contributed by atoms with Gasteiger partial charge in [-0.3, -0.25) is 9.11 Å². The van der Waals surface area contributed by atoms with E-state index in [1.165, 1.54) is 6.92 Å². The summed E-state index contributed by atoms with van der Waals surface area (Å²) in [5.74, 6) is 0.0665. The van der Waals surface area contributed by atoms with E-state index < -0.39 is 129 Å². The third kappa shape index (κ3) is 11.2. The zero-order valence-corrected chi connectivity index (χ0v) is 47.3. The van der Waals surface area contributed by atoms with Crippen molar-refractivity contribution in [2.45, 2.75) is 282 Å². The number of hydrogen-bond acceptors (Lipinski definition) is 19. The summed E-state index contributed by atoms with van der Waals surface area (Å²) in [4.78, 5) is 0. The van der Waals surface area contributed by atoms with Crippen LogP contribution in [0.1, 0.15) is 131 Å². The van der Waals surface area contributed by atoms with E-state index in [0.29, 0.717) is 69.8 Å². The van der Waals surface area contributed by atoms with Crippen molar-refractivity contribution in [2.75, 3.05) is 6.61 Å². The average molecular weight is 1140 g/mol. The molecule has 0 aromatic carbocycles. The van der Waals surface area contributed by atoms with Crippen molar-refractivity contribution in [1.82, 2.24) is 0 Å². The molecule has 21 nitrogen and oxygen atoms in total. The van der Waals surface area contributed by atoms with Crippen molar-refractivity contribution in [3.05, 3.63) is 49.1 Å². The maximum atomic E-state index is 12.3. The first-order chi connectivity index (χ1) is 36.5. The minimum absolute atomic E-state index is 0.00240. The van der Waals surface area contributed by atoms with Crippen molar-refractivity contribution < 1.29 is 96.6 Å². The van der Waals surface area contributed by atoms with Gasteiger partial charge in [0.1, 0.15) is 35.6 Å². The Bertz CT molecular complexity index is 2540. The first kappa shape index (κ1) is 58.0. The van der Waals surface area contributed by atoms with Crippen molar-refractivity contribution in [1.29, 1.82) is 0 Å². The Morgan fingerprint density at radius 1 is 0.692 bits per heavy atom. The van der Waals surface area contributed by atoms with Gasteiger partial charge < -0.3 is 62.3 Å². The molecule has 11 saturated heterocycles. The Morgan fingerprint density at radius 2 is 1.26 bits per heavy atom. The predicted octanol–water partition coefficient (Wildman–Crippen LogP) is 5.06. The second-order valence-electron chi connectivity index (χ2n) is 25.5. The van der Waals surface area contributed by atoms with Crippen LogP contribution in [0.25, 0.3) is 0 Å². The number of aliphatic hydroxyl groups excluding tert-OH is 1. The number of fused-ring (bicyclic) bond motifs is 10. The summed E-state index contributed by atoms with van der Waals surface area (Å²) in [5.41, 5.74) is -3.71. The van der Waals surface area contributed by atoms with Crippen molar-refractivity contribution in [3.63, 3.8) is 0 Å². The Hall–Kier alpha value is -1.82. The standard InChI is InChI=1S/C55H82O21S2/c1-10-11-28(2)12-15-51(5,57)50-30(4)20-39-38(71-50)26-46-55(9,74-39)49(56)48-42(70-46)24-41-47(72-48)29(3)13-16-53(7)44(69-41)27-43-54(8,76-53)17-14-31-32(68-43)21-34-33(65-31)22-35-36(66-34)23-40-37(67-35)25-45(75-78(61,62)63)52(6,73-40)18-19-64-77(58,59)60/h10,12,15,29,31-50,56-57H,1-2,4,11,13-14,16-27H2,3,5-9H3,(H,58,59,60)(H,61,62,63)/b15-12+/t29-,31-,32+,33+,34-,35-,36+,37+,38+,39-,40-,41-,42+,43-,44+,45-,46-,47+,48+,49+,50-,51+,52+,53-,54+,55+/m0/s1. The SMILES string of the molecule is C=CCC(=C)/C=C/[C@@](C)(O)[C@H]1O[C@@H]2C[C@@H]3O[C@@H]4C[C@@H]5O[C@@H]6C[C@@H]7O[C@@H]8C[C@@H]9O[C@@H]%10C[C@@H]%11O[C@](C)(CCOS(=O)(=O)O)[C@@H](OS(=O)(=O)O)C[C@H]%11O[C@H]%10C[C@H]9O[C@H]8CC[C@@]7(C)O[C@@]6(C)CC[C@H](C)[C@H]5O[C@H]4[C@@H](O)[C@]3(C)O[C@H]2CC1=C. The molecule has 11 rings (SSSR count). The van der Waals surface area contributed by atoms with Crippen molar-refractivity contribution in [3.8, 4) is 0 Å². The first-order valence-electron chi connectivity index (χ1n) is 28.2. The van der Waals surface area contributed by atoms with Crippen LogP contribution in [0, 0.1) is 5.92 Å². The molecule has 11 aliphatic rings. The summed E-state index contributed by atoms with van der Waals surface area (Å²) in [6.45, 7) is 23.2. The highest BCUT2D eigenvalue weighted by Gasteiger charge is 2.65. The van der Waals surface area contributed by atoms with Crippen LogP contribution in [0.4, 0.5) is 0 Å². The molecule has 440 valence electrons. The van der Waals surface area contributed by atoms with Crippen molar-refractivity contribution in [2.24, 2.45) is 5.92 Å². The molecule has 11 aliphatic heterocycles. The topological polar surface area (TPSA) is 269 Å². The smallest absolute Gasteiger partial charge is 0.387 e. The molecular formula is C55H82O21S2. The van der Waals surface area contributed by atoms with Gasteiger partial charge >= 0.3 is 20.8 Å². The number of rotatable bonds is 11. The summed E-state index contributed by atoms with van der Waals surface area (Å²) in [6, 6.07) is 0. The fourth-order valence-electron chi connectivity index (χ4n) is 15.3. The lowest BCUT2D eigenvalue weighted by Crippen LogP contribution is -2.74. The van der Waals surface area contributed by atoms with Crippen LogP contribution in [-0.2, 0) is 81.3 Å². The molecule has 0 aromatic rings. The molecule has 4 N–H and O–H groups in total. The van der Waals surface area contributed by atoms with Gasteiger partial charge in [0.05, 0.1) is 121 Å². The first-order valence-corrected chi connectivity index (χ1v) is 30.9. The van der Waals surface area contributed by atoms with Gasteiger partial charge in [-0.15, -0.1) is 6.58 Å². The molecule has 0 spiro atoms. The highest BCUT2D eigenvalue weighted by Crippen LogP contribution is 2.54. The van der Waals surface area contributed by atoms with E-state index in [2.05, 4.69) is 44.7 Å². The van der Waals surface area contributed by atoms with Gasteiger partial charge in [-0.25, -0.2) is 8.37 Å². The van der Waals surface area contributed by atoms with Gasteiger partial charge in [0, 0.05) is 51.4 Å². The minimum atomic E-state index is -4.95. The Labute approximate surface area is 458 Å². The van der Waals surface area contributed by atoms with Gasteiger partial charge in [-0.2, -0.15) is 16.8 Å². The van der Waals surface area contributed by atoms with E-state index in [-0.39, 0.29) is 67.6 Å². The van der Waals surface area contributed by atoms with Gasteiger partial charge in [0.2, 0.25) is 0 Å². The molecule has 0 bridgehead atoms. The molecule has 0 radical (unpaired) electrons. The van der Waals surface area contributed by atoms with Crippen LogP contribution < -0.4 is 0 Å². The van der Waals surface area contributed by atoms with Crippen LogP contribution in [-0.4, -0.2) is 193 Å². The summed E-state index contributed by atoms with van der Waals surface area (Å²) in [7, 11) is -9.74. The second-order valence-corrected chi connectivity index (χ2v) is 27.7. The third-order valence-corrected chi connectivity index (χ3v) is 20.6. The zero-order valence-electron chi connectivity index (χ0n) is 45.6. The highest BCUT2D eigenvalue weighted by atomic mass is 32.3. The van der Waals surface area contributed by atoms with E-state index in [4.69, 9.17) is 60.8 Å². The van der Waals surface area contributed by atoms with E-state index in [1.54, 1.807) is 25.2 Å². The van der Waals surface area contributed by atoms with Crippen LogP contribution in [0.2, 0.25) is 0 Å². The van der Waals surface area contributed by atoms with Gasteiger partial charge in [0.15, 0.2) is 0 Å². The Kier molecular flexibility index (Phi) is 15.6. The van der Waals surface area contributed by atoms with E-state index >= 15 is 0 Å². The highest BCUT2D eigenvalue weighted by molar-refractivity contribution is 7.81. The molecule has 11 fully saturated rings. The van der Waals surface area contributed by atoms with E-state index in [0.717, 1.165) is 18.4 Å². The lowest BCUT2D eigenvalue weighted by Gasteiger charge is -2.61. The summed E-state index contributed by atoms with van der Waals surface area (Å²) < 4.78 is 151. The molecule has 0 unspecified atom stereocenters. The minimum Gasteiger partial charge on any atom is -0.387 e. The monoisotopic (exact) mass is 1140 g/mol. The van der Waals surface area contributed by atoms with Gasteiger partial charge in [0.25, 0.3) is 0 Å². The number of aliphatic hydroxyl groups is 2. The average Bonchev–Trinajstić information content (AvgIpc) is 3.48. The Balaban J connectivity index is 0.749. The predicted molar refractivity (Wildman–Crippen MR) is 276 cm³/mol. The van der Waals surface area contributed by atoms with Crippen LogP contribution >= 0.6 is 0 Å². The van der Waals surface area contributed by atoms with Crippen molar-refractivity contribution >= 4 is 20.8 Å². The molecule has 26 atom stereocenters. The van der Waals surface area contributed by atoms with Crippen LogP contribution in [0.15, 0.2) is 49.1 Å². The summed E-state index contributed by atoms with van der Waals surface area (Å²) in [5, 5.41) is 24.0. The maximum absolute atomic E-state index is 12.3. The number of hydrogen-bond donors (Lipinski definition) is 4. The fourth-order valence-corrected chi connectivity index (χ4v) is 16.2. The summed E-state index contributed by atoms with van der Waals surface area (Å²) in [6.07, 6.45) is 1.75. The quantitative estimate of drug-likeness (QED) is 0.120. The van der Waals surface area contributed by atoms with Crippen LogP contribution in [0.3, 0.4) is 0 Å². The molecular weight excluding hydrogens is 1060 g/mol. The molecule has 23 heteroatoms. The van der Waals surface area contributed by atoms with Crippen LogP contribution in [0.5, 0.6) is 0 Å². The number of allylic oxidation sites excluding steroid dienone is 3. The zero-order chi connectivity index (χ0) is 55.7. The van der Waals surface area contributed by atoms with E-state index in [9.17, 15) is 31.6 Å². The Morgan fingerprint density at radius 3 is 1.91 bits per heavy atom. The normalized spacial score (nSPS) is 51.0. The van der Waals surface area contributed by atoms with E-state index in [1.807, 2.05) is 6.92 Å². The van der Waals surface area contributed by atoms with Gasteiger partial charge in [-0.05, 0) is 84.6 Å². The second kappa shape index (κ2) is 21.1. The molecule has 11 heterocycles. The largest absolute Gasteiger partial charge is 0.397 e. The molecule has 0 saturated carbocycles. The molecule has 0 aliphatic carbocycles. The fraction of sp³-hybridized carbons (Fsp3) is 0.855. The third-order valence-electron chi connectivity index (χ3n) is 19.6. The molecule has 0 amide bonds.